The molecule has 76 valence electrons. The van der Waals surface area contributed by atoms with Gasteiger partial charge in [0.2, 0.25) is 0 Å². The summed E-state index contributed by atoms with van der Waals surface area (Å²) in [5, 5.41) is 8.07. The van der Waals surface area contributed by atoms with Crippen molar-refractivity contribution >= 4 is 11.6 Å². The minimum absolute atomic E-state index is 0.240. The molecule has 1 saturated carbocycles. The molecule has 13 heavy (non-hydrogen) atoms. The van der Waals surface area contributed by atoms with E-state index in [-0.39, 0.29) is 11.6 Å². The first-order chi connectivity index (χ1) is 6.20. The van der Waals surface area contributed by atoms with Crippen LogP contribution in [-0.2, 0) is 9.59 Å². The SMILES string of the molecule is CCCCO.O=C1CCC(=O)CC1. The van der Waals surface area contributed by atoms with Gasteiger partial charge in [-0.1, -0.05) is 13.3 Å². The Labute approximate surface area is 79.1 Å². The van der Waals surface area contributed by atoms with Gasteiger partial charge in [0.15, 0.2) is 0 Å². The molecule has 0 heterocycles. The van der Waals surface area contributed by atoms with E-state index in [0.29, 0.717) is 32.3 Å². The fourth-order valence-electron chi connectivity index (χ4n) is 0.966. The van der Waals surface area contributed by atoms with Crippen LogP contribution in [0.4, 0.5) is 0 Å². The summed E-state index contributed by atoms with van der Waals surface area (Å²) >= 11 is 0. The van der Waals surface area contributed by atoms with Crippen molar-refractivity contribution in [3.63, 3.8) is 0 Å². The molecule has 1 rings (SSSR count). The Kier molecular flexibility index (Phi) is 7.50. The van der Waals surface area contributed by atoms with E-state index < -0.39 is 0 Å². The van der Waals surface area contributed by atoms with Crippen molar-refractivity contribution in [3.05, 3.63) is 0 Å². The zero-order valence-electron chi connectivity index (χ0n) is 8.21. The summed E-state index contributed by atoms with van der Waals surface area (Å²) in [7, 11) is 0. The Bertz CT molecular complexity index is 134. The molecule has 0 saturated heterocycles. The molecule has 3 heteroatoms. The van der Waals surface area contributed by atoms with Crippen molar-refractivity contribution in [2.24, 2.45) is 0 Å². The van der Waals surface area contributed by atoms with Crippen molar-refractivity contribution in [1.29, 1.82) is 0 Å². The van der Waals surface area contributed by atoms with Gasteiger partial charge in [-0.05, 0) is 6.42 Å². The maximum absolute atomic E-state index is 10.5. The minimum Gasteiger partial charge on any atom is -0.396 e. The molecule has 3 nitrogen and oxygen atoms in total. The number of Topliss-reactive ketones (excluding diaryl/α,β-unsaturated/α-hetero) is 2. The summed E-state index contributed by atoms with van der Waals surface area (Å²) in [5.74, 6) is 0.481. The van der Waals surface area contributed by atoms with Crippen LogP contribution < -0.4 is 0 Å². The van der Waals surface area contributed by atoms with Crippen LogP contribution in [0.2, 0.25) is 0 Å². The van der Waals surface area contributed by atoms with Crippen LogP contribution in [0.15, 0.2) is 0 Å². The molecule has 0 spiro atoms. The van der Waals surface area contributed by atoms with E-state index in [0.717, 1.165) is 12.8 Å². The van der Waals surface area contributed by atoms with Crippen LogP contribution in [0.3, 0.4) is 0 Å². The Morgan fingerprint density at radius 3 is 1.62 bits per heavy atom. The summed E-state index contributed by atoms with van der Waals surface area (Å²) in [6.45, 7) is 2.40. The highest BCUT2D eigenvalue weighted by atomic mass is 16.2. The summed E-state index contributed by atoms with van der Waals surface area (Å²) < 4.78 is 0. The maximum atomic E-state index is 10.5. The largest absolute Gasteiger partial charge is 0.396 e. The molecule has 1 aliphatic carbocycles. The number of aliphatic hydroxyl groups excluding tert-OH is 1. The van der Waals surface area contributed by atoms with Crippen molar-refractivity contribution < 1.29 is 14.7 Å². The Hall–Kier alpha value is -0.700. The van der Waals surface area contributed by atoms with Crippen LogP contribution in [0.25, 0.3) is 0 Å². The summed E-state index contributed by atoms with van der Waals surface area (Å²) in [4.78, 5) is 20.9. The number of rotatable bonds is 2. The third-order valence-electron chi connectivity index (χ3n) is 1.88. The molecule has 0 atom stereocenters. The number of carbonyl (C=O) groups is 2. The predicted octanol–water partition coefficient (Wildman–Crippen LogP) is 1.48. The fourth-order valence-corrected chi connectivity index (χ4v) is 0.966. The number of carbonyl (C=O) groups excluding carboxylic acids is 2. The van der Waals surface area contributed by atoms with Gasteiger partial charge in [0.1, 0.15) is 11.6 Å². The average molecular weight is 186 g/mol. The van der Waals surface area contributed by atoms with E-state index >= 15 is 0 Å². The number of hydrogen-bond donors (Lipinski definition) is 1. The van der Waals surface area contributed by atoms with Crippen molar-refractivity contribution in [2.75, 3.05) is 6.61 Å². The lowest BCUT2D eigenvalue weighted by molar-refractivity contribution is -0.128. The van der Waals surface area contributed by atoms with Crippen molar-refractivity contribution in [2.45, 2.75) is 45.4 Å². The first kappa shape index (κ1) is 12.3. The lowest BCUT2D eigenvalue weighted by Crippen LogP contribution is -2.12. The molecule has 0 radical (unpaired) electrons. The Morgan fingerprint density at radius 1 is 1.08 bits per heavy atom. The highest BCUT2D eigenvalue weighted by Gasteiger charge is 2.13. The molecule has 0 aliphatic heterocycles. The second-order valence-corrected chi connectivity index (χ2v) is 3.15. The minimum atomic E-state index is 0.240. The van der Waals surface area contributed by atoms with E-state index in [9.17, 15) is 9.59 Å². The summed E-state index contributed by atoms with van der Waals surface area (Å²) in [6.07, 6.45) is 3.98. The zero-order chi connectivity index (χ0) is 10.1. The predicted molar refractivity (Wildman–Crippen MR) is 50.5 cm³/mol. The first-order valence-corrected chi connectivity index (χ1v) is 4.85. The standard InChI is InChI=1S/C6H8O2.C4H10O/c7-5-1-2-6(8)4-3-5;1-2-3-4-5/h1-4H2;5H,2-4H2,1H3. The molecule has 0 unspecified atom stereocenters. The molecule has 1 fully saturated rings. The molecule has 1 N–H and O–H groups in total. The summed E-state index contributed by atoms with van der Waals surface area (Å²) in [6, 6.07) is 0. The molecule has 0 amide bonds. The highest BCUT2D eigenvalue weighted by Crippen LogP contribution is 2.08. The quantitative estimate of drug-likeness (QED) is 0.710. The van der Waals surface area contributed by atoms with Crippen molar-refractivity contribution in [1.82, 2.24) is 0 Å². The van der Waals surface area contributed by atoms with Crippen LogP contribution in [0.1, 0.15) is 45.4 Å². The van der Waals surface area contributed by atoms with Crippen LogP contribution in [0, 0.1) is 0 Å². The molecule has 1 aliphatic rings. The van der Waals surface area contributed by atoms with E-state index in [1.165, 1.54) is 0 Å². The molecule has 0 bridgehead atoms. The van der Waals surface area contributed by atoms with Gasteiger partial charge >= 0.3 is 0 Å². The first-order valence-electron chi connectivity index (χ1n) is 4.85. The molecule has 0 aromatic rings. The Morgan fingerprint density at radius 2 is 1.46 bits per heavy atom. The van der Waals surface area contributed by atoms with Gasteiger partial charge in [0, 0.05) is 32.3 Å². The van der Waals surface area contributed by atoms with Gasteiger partial charge in [0.25, 0.3) is 0 Å². The van der Waals surface area contributed by atoms with Crippen LogP contribution >= 0.6 is 0 Å². The van der Waals surface area contributed by atoms with E-state index in [4.69, 9.17) is 5.11 Å². The normalized spacial score (nSPS) is 16.5. The lowest BCUT2D eigenvalue weighted by Gasteiger charge is -2.04. The number of aliphatic hydroxyl groups is 1. The smallest absolute Gasteiger partial charge is 0.133 e. The average Bonchev–Trinajstić information content (AvgIpc) is 2.13. The topological polar surface area (TPSA) is 54.4 Å². The number of ketones is 2. The molecule has 0 aromatic carbocycles. The second kappa shape index (κ2) is 7.92. The zero-order valence-corrected chi connectivity index (χ0v) is 8.21. The van der Waals surface area contributed by atoms with Gasteiger partial charge in [-0.3, -0.25) is 9.59 Å². The summed E-state index contributed by atoms with van der Waals surface area (Å²) in [5.41, 5.74) is 0. The van der Waals surface area contributed by atoms with Crippen LogP contribution in [0.5, 0.6) is 0 Å². The van der Waals surface area contributed by atoms with E-state index in [2.05, 4.69) is 6.92 Å². The number of unbranched alkanes of at least 4 members (excludes halogenated alkanes) is 1. The van der Waals surface area contributed by atoms with Gasteiger partial charge < -0.3 is 5.11 Å². The molecular formula is C10H18O3. The van der Waals surface area contributed by atoms with Crippen LogP contribution in [-0.4, -0.2) is 23.3 Å². The second-order valence-electron chi connectivity index (χ2n) is 3.15. The van der Waals surface area contributed by atoms with E-state index in [1.807, 2.05) is 0 Å². The van der Waals surface area contributed by atoms with Gasteiger partial charge in [-0.25, -0.2) is 0 Å². The molecule has 0 aromatic heterocycles. The highest BCUT2D eigenvalue weighted by molar-refractivity contribution is 5.92. The molecular weight excluding hydrogens is 168 g/mol. The third-order valence-corrected chi connectivity index (χ3v) is 1.88. The monoisotopic (exact) mass is 186 g/mol. The maximum Gasteiger partial charge on any atom is 0.133 e. The number of hydrogen-bond acceptors (Lipinski definition) is 3. The Balaban J connectivity index is 0.000000252. The van der Waals surface area contributed by atoms with Crippen molar-refractivity contribution in [3.8, 4) is 0 Å². The van der Waals surface area contributed by atoms with Gasteiger partial charge in [-0.15, -0.1) is 0 Å². The lowest BCUT2D eigenvalue weighted by atomic mass is 9.98. The fraction of sp³-hybridized carbons (Fsp3) is 0.800. The third kappa shape index (κ3) is 7.65. The van der Waals surface area contributed by atoms with Gasteiger partial charge in [0.05, 0.1) is 0 Å². The van der Waals surface area contributed by atoms with Gasteiger partial charge in [-0.2, -0.15) is 0 Å². The van der Waals surface area contributed by atoms with E-state index in [1.54, 1.807) is 0 Å².